The van der Waals surface area contributed by atoms with Crippen LogP contribution in [0.1, 0.15) is 30.9 Å². The van der Waals surface area contributed by atoms with Crippen LogP contribution in [0.25, 0.3) is 0 Å². The van der Waals surface area contributed by atoms with Crippen molar-refractivity contribution in [3.63, 3.8) is 0 Å². The summed E-state index contributed by atoms with van der Waals surface area (Å²) in [4.78, 5) is 3.04. The third-order valence-electron chi connectivity index (χ3n) is 2.61. The van der Waals surface area contributed by atoms with Gasteiger partial charge in [0.1, 0.15) is 18.9 Å². The number of hydrogen-bond donors (Lipinski definition) is 1. The van der Waals surface area contributed by atoms with Crippen LogP contribution in [0.5, 0.6) is 0 Å². The van der Waals surface area contributed by atoms with Gasteiger partial charge in [0.25, 0.3) is 0 Å². The summed E-state index contributed by atoms with van der Waals surface area (Å²) >= 11 is 0. The van der Waals surface area contributed by atoms with Crippen molar-refractivity contribution >= 4 is 0 Å². The molecule has 1 aromatic heterocycles. The number of benzene rings is 1. The van der Waals surface area contributed by atoms with Crippen molar-refractivity contribution in [3.8, 4) is 0 Å². The van der Waals surface area contributed by atoms with Crippen molar-refractivity contribution in [2.24, 2.45) is 0 Å². The van der Waals surface area contributed by atoms with Gasteiger partial charge in [-0.25, -0.2) is 4.57 Å². The van der Waals surface area contributed by atoms with E-state index >= 15 is 0 Å². The normalized spacial score (nSPS) is 10.9. The fourth-order valence-corrected chi connectivity index (χ4v) is 1.64. The number of aromatic amines is 1. The molecule has 0 bridgehead atoms. The van der Waals surface area contributed by atoms with Crippen molar-refractivity contribution in [1.29, 1.82) is 0 Å². The molecule has 0 unspecified atom stereocenters. The Kier molecular flexibility index (Phi) is 2.86. The van der Waals surface area contributed by atoms with Gasteiger partial charge < -0.3 is 0 Å². The van der Waals surface area contributed by atoms with E-state index in [4.69, 9.17) is 0 Å². The van der Waals surface area contributed by atoms with Gasteiger partial charge in [0.2, 0.25) is 6.33 Å². The largest absolute Gasteiger partial charge is 0.250 e. The molecule has 2 nitrogen and oxygen atoms in total. The number of aromatic nitrogens is 2. The van der Waals surface area contributed by atoms with Crippen LogP contribution in [0.2, 0.25) is 0 Å². The lowest BCUT2D eigenvalue weighted by molar-refractivity contribution is -0.687. The van der Waals surface area contributed by atoms with E-state index in [0.717, 1.165) is 6.54 Å². The molecule has 0 saturated carbocycles. The SMILES string of the molecule is CC(C)c1ccc(C[n+]2cc[nH]c2)cc1. The second-order valence-corrected chi connectivity index (χ2v) is 4.18. The van der Waals surface area contributed by atoms with E-state index in [9.17, 15) is 0 Å². The second-order valence-electron chi connectivity index (χ2n) is 4.18. The summed E-state index contributed by atoms with van der Waals surface area (Å²) in [6, 6.07) is 8.84. The lowest BCUT2D eigenvalue weighted by Crippen LogP contribution is -2.30. The molecular weight excluding hydrogens is 184 g/mol. The molecule has 15 heavy (non-hydrogen) atoms. The van der Waals surface area contributed by atoms with E-state index in [2.05, 4.69) is 47.7 Å². The summed E-state index contributed by atoms with van der Waals surface area (Å²) in [5.41, 5.74) is 2.74. The summed E-state index contributed by atoms with van der Waals surface area (Å²) in [7, 11) is 0. The summed E-state index contributed by atoms with van der Waals surface area (Å²) in [5.74, 6) is 0.610. The predicted octanol–water partition coefficient (Wildman–Crippen LogP) is 2.47. The van der Waals surface area contributed by atoms with E-state index in [-0.39, 0.29) is 0 Å². The smallest absolute Gasteiger partial charge is 0.241 e. The fourth-order valence-electron chi connectivity index (χ4n) is 1.64. The first kappa shape index (κ1) is 9.97. The van der Waals surface area contributed by atoms with Gasteiger partial charge in [-0.05, 0) is 17.0 Å². The number of nitrogens with one attached hydrogen (secondary N) is 1. The average Bonchev–Trinajstić information content (AvgIpc) is 2.71. The second kappa shape index (κ2) is 4.30. The molecule has 0 atom stereocenters. The van der Waals surface area contributed by atoms with E-state index in [1.54, 1.807) is 0 Å². The summed E-state index contributed by atoms with van der Waals surface area (Å²) < 4.78 is 2.13. The van der Waals surface area contributed by atoms with Crippen LogP contribution in [0.15, 0.2) is 43.0 Å². The van der Waals surface area contributed by atoms with Crippen LogP contribution in [0, 0.1) is 0 Å². The first-order chi connectivity index (χ1) is 7.25. The number of imidazole rings is 1. The molecule has 0 saturated heterocycles. The minimum atomic E-state index is 0.610. The highest BCUT2D eigenvalue weighted by atomic mass is 15.0. The molecule has 0 aliphatic rings. The molecule has 0 aliphatic heterocycles. The Morgan fingerprint density at radius 2 is 1.93 bits per heavy atom. The van der Waals surface area contributed by atoms with Gasteiger partial charge in [-0.15, -0.1) is 0 Å². The molecule has 1 N–H and O–H groups in total. The van der Waals surface area contributed by atoms with Gasteiger partial charge in [0, 0.05) is 0 Å². The van der Waals surface area contributed by atoms with Crippen LogP contribution < -0.4 is 4.57 Å². The first-order valence-electron chi connectivity index (χ1n) is 5.36. The van der Waals surface area contributed by atoms with Crippen molar-refractivity contribution < 1.29 is 4.57 Å². The van der Waals surface area contributed by atoms with Crippen LogP contribution >= 0.6 is 0 Å². The number of hydrogen-bond acceptors (Lipinski definition) is 0. The Balaban J connectivity index is 2.11. The highest BCUT2D eigenvalue weighted by Crippen LogP contribution is 2.14. The molecule has 0 spiro atoms. The van der Waals surface area contributed by atoms with Gasteiger partial charge in [0.05, 0.1) is 0 Å². The Hall–Kier alpha value is -1.57. The molecule has 2 aromatic rings. The summed E-state index contributed by atoms with van der Waals surface area (Å²) in [6.45, 7) is 5.37. The van der Waals surface area contributed by atoms with Crippen molar-refractivity contribution in [2.45, 2.75) is 26.3 Å². The van der Waals surface area contributed by atoms with Crippen molar-refractivity contribution in [2.75, 3.05) is 0 Å². The van der Waals surface area contributed by atoms with E-state index in [0.29, 0.717) is 5.92 Å². The third kappa shape index (κ3) is 2.46. The maximum absolute atomic E-state index is 3.04. The zero-order chi connectivity index (χ0) is 10.7. The predicted molar refractivity (Wildman–Crippen MR) is 60.6 cm³/mol. The minimum Gasteiger partial charge on any atom is -0.250 e. The van der Waals surface area contributed by atoms with Crippen molar-refractivity contribution in [1.82, 2.24) is 4.98 Å². The average molecular weight is 201 g/mol. The standard InChI is InChI=1S/C13H16N2/c1-11(2)13-5-3-12(4-6-13)9-15-8-7-14-10-15/h3-8,10-11H,9H2,1-2H3/p+1. The maximum Gasteiger partial charge on any atom is 0.241 e. The highest BCUT2D eigenvalue weighted by molar-refractivity contribution is 5.24. The van der Waals surface area contributed by atoms with Gasteiger partial charge in [-0.2, -0.15) is 0 Å². The van der Waals surface area contributed by atoms with Gasteiger partial charge in [0.15, 0.2) is 0 Å². The lowest BCUT2D eigenvalue weighted by atomic mass is 10.0. The number of H-pyrrole nitrogens is 1. The molecule has 2 heteroatoms. The third-order valence-corrected chi connectivity index (χ3v) is 2.61. The van der Waals surface area contributed by atoms with Gasteiger partial charge in [-0.3, -0.25) is 4.98 Å². The maximum atomic E-state index is 3.04. The fraction of sp³-hybridized carbons (Fsp3) is 0.308. The first-order valence-corrected chi connectivity index (χ1v) is 5.36. The van der Waals surface area contributed by atoms with E-state index in [1.165, 1.54) is 11.1 Å². The van der Waals surface area contributed by atoms with Crippen LogP contribution in [-0.4, -0.2) is 4.98 Å². The molecule has 2 rings (SSSR count). The molecule has 1 heterocycles. The minimum absolute atomic E-state index is 0.610. The highest BCUT2D eigenvalue weighted by Gasteiger charge is 2.01. The Morgan fingerprint density at radius 3 is 2.47 bits per heavy atom. The molecule has 0 aliphatic carbocycles. The molecule has 0 radical (unpaired) electrons. The van der Waals surface area contributed by atoms with Gasteiger partial charge >= 0.3 is 0 Å². The summed E-state index contributed by atoms with van der Waals surface area (Å²) in [6.07, 6.45) is 5.94. The molecule has 1 aromatic carbocycles. The zero-order valence-electron chi connectivity index (χ0n) is 9.27. The topological polar surface area (TPSA) is 19.7 Å². The number of rotatable bonds is 3. The van der Waals surface area contributed by atoms with Gasteiger partial charge in [-0.1, -0.05) is 38.1 Å². The Bertz CT molecular complexity index is 399. The molecule has 0 amide bonds. The molecular formula is C13H17N2+. The van der Waals surface area contributed by atoms with Crippen molar-refractivity contribution in [3.05, 3.63) is 54.1 Å². The Morgan fingerprint density at radius 1 is 1.20 bits per heavy atom. The molecule has 78 valence electrons. The van der Waals surface area contributed by atoms with E-state index < -0.39 is 0 Å². The van der Waals surface area contributed by atoms with Crippen LogP contribution in [0.3, 0.4) is 0 Å². The van der Waals surface area contributed by atoms with Crippen LogP contribution in [0.4, 0.5) is 0 Å². The quantitative estimate of drug-likeness (QED) is 0.736. The van der Waals surface area contributed by atoms with E-state index in [1.807, 2.05) is 18.7 Å². The monoisotopic (exact) mass is 201 g/mol. The Labute approximate surface area is 90.6 Å². The lowest BCUT2D eigenvalue weighted by Gasteiger charge is -2.05. The van der Waals surface area contributed by atoms with Crippen LogP contribution in [-0.2, 0) is 6.54 Å². The summed E-state index contributed by atoms with van der Waals surface area (Å²) in [5, 5.41) is 0. The zero-order valence-corrected chi connectivity index (χ0v) is 9.27. The number of nitrogens with zero attached hydrogens (tertiary/aromatic N) is 1. The molecule has 0 fully saturated rings.